The number of rotatable bonds is 4. The number of ether oxygens (including phenoxy) is 1. The van der Waals surface area contributed by atoms with Gasteiger partial charge in [0.15, 0.2) is 0 Å². The van der Waals surface area contributed by atoms with Crippen LogP contribution in [0.2, 0.25) is 0 Å². The van der Waals surface area contributed by atoms with Crippen LogP contribution in [-0.4, -0.2) is 47.8 Å². The quantitative estimate of drug-likeness (QED) is 0.685. The topological polar surface area (TPSA) is 49.8 Å². The molecule has 13 heavy (non-hydrogen) atoms. The number of likely N-dealkylation sites (tertiary alicyclic amines) is 1. The maximum atomic E-state index is 10.2. The molecular formula is C9H15NO3. The van der Waals surface area contributed by atoms with Gasteiger partial charge in [0.1, 0.15) is 6.61 Å². The first-order valence-electron chi connectivity index (χ1n) is 4.83. The summed E-state index contributed by atoms with van der Waals surface area (Å²) in [6, 6.07) is 0.776. The molecule has 4 nitrogen and oxygen atoms in total. The highest BCUT2D eigenvalue weighted by atomic mass is 16.5. The van der Waals surface area contributed by atoms with E-state index in [4.69, 9.17) is 9.84 Å². The van der Waals surface area contributed by atoms with Gasteiger partial charge in [-0.3, -0.25) is 4.90 Å². The number of aliphatic carboxylic acids is 1. The van der Waals surface area contributed by atoms with E-state index in [0.29, 0.717) is 0 Å². The lowest BCUT2D eigenvalue weighted by Gasteiger charge is -2.14. The lowest BCUT2D eigenvalue weighted by Crippen LogP contribution is -2.26. The summed E-state index contributed by atoms with van der Waals surface area (Å²) in [5.74, 6) is -0.870. The van der Waals surface area contributed by atoms with E-state index >= 15 is 0 Å². The molecule has 1 aliphatic heterocycles. The van der Waals surface area contributed by atoms with Gasteiger partial charge in [-0.2, -0.15) is 0 Å². The molecule has 2 rings (SSSR count). The lowest BCUT2D eigenvalue weighted by molar-refractivity contribution is -0.144. The second-order valence-corrected chi connectivity index (χ2v) is 3.84. The van der Waals surface area contributed by atoms with E-state index in [1.807, 2.05) is 0 Å². The van der Waals surface area contributed by atoms with E-state index in [1.54, 1.807) is 0 Å². The Kier molecular flexibility index (Phi) is 2.51. The van der Waals surface area contributed by atoms with E-state index in [1.165, 1.54) is 12.8 Å². The average Bonchev–Trinajstić information content (AvgIpc) is 2.83. The molecule has 0 radical (unpaired) electrons. The molecule has 0 aromatic carbocycles. The second kappa shape index (κ2) is 3.64. The maximum absolute atomic E-state index is 10.2. The minimum atomic E-state index is -0.870. The third-order valence-electron chi connectivity index (χ3n) is 2.68. The Bertz CT molecular complexity index is 203. The third kappa shape index (κ3) is 2.42. The summed E-state index contributed by atoms with van der Waals surface area (Å²) in [5.41, 5.74) is 0. The molecule has 74 valence electrons. The average molecular weight is 185 g/mol. The summed E-state index contributed by atoms with van der Waals surface area (Å²) in [5, 5.41) is 8.42. The fraction of sp³-hybridized carbons (Fsp3) is 0.889. The highest BCUT2D eigenvalue weighted by Gasteiger charge is 2.34. The van der Waals surface area contributed by atoms with Crippen LogP contribution in [0.5, 0.6) is 0 Å². The van der Waals surface area contributed by atoms with Crippen LogP contribution >= 0.6 is 0 Å². The number of hydrogen-bond acceptors (Lipinski definition) is 3. The minimum absolute atomic E-state index is 0.150. The van der Waals surface area contributed by atoms with E-state index < -0.39 is 5.97 Å². The smallest absolute Gasteiger partial charge is 0.329 e. The predicted octanol–water partition coefficient (Wildman–Crippen LogP) is 0.324. The molecule has 0 spiro atoms. The van der Waals surface area contributed by atoms with Crippen molar-refractivity contribution in [2.75, 3.05) is 19.7 Å². The van der Waals surface area contributed by atoms with Crippen molar-refractivity contribution in [3.05, 3.63) is 0 Å². The zero-order valence-electron chi connectivity index (χ0n) is 7.61. The van der Waals surface area contributed by atoms with Gasteiger partial charge in [-0.15, -0.1) is 0 Å². The van der Waals surface area contributed by atoms with Crippen LogP contribution in [0.1, 0.15) is 19.3 Å². The van der Waals surface area contributed by atoms with Crippen molar-refractivity contribution in [2.24, 2.45) is 0 Å². The van der Waals surface area contributed by atoms with Gasteiger partial charge < -0.3 is 9.84 Å². The van der Waals surface area contributed by atoms with Crippen molar-refractivity contribution in [2.45, 2.75) is 31.4 Å². The first-order chi connectivity index (χ1) is 6.25. The SMILES string of the molecule is O=C(O)COC1CCN(C2CC2)C1. The number of hydrogen-bond donors (Lipinski definition) is 1. The normalized spacial score (nSPS) is 29.4. The Morgan fingerprint density at radius 3 is 2.85 bits per heavy atom. The van der Waals surface area contributed by atoms with E-state index in [0.717, 1.165) is 25.6 Å². The molecule has 1 N–H and O–H groups in total. The molecule has 0 aromatic heterocycles. The zero-order valence-corrected chi connectivity index (χ0v) is 7.61. The summed E-state index contributed by atoms with van der Waals surface area (Å²) in [4.78, 5) is 12.7. The lowest BCUT2D eigenvalue weighted by atomic mass is 10.3. The molecule has 1 unspecified atom stereocenters. The van der Waals surface area contributed by atoms with E-state index in [-0.39, 0.29) is 12.7 Å². The van der Waals surface area contributed by atoms with Crippen molar-refractivity contribution in [3.63, 3.8) is 0 Å². The predicted molar refractivity (Wildman–Crippen MR) is 46.6 cm³/mol. The number of nitrogens with zero attached hydrogens (tertiary/aromatic N) is 1. The summed E-state index contributed by atoms with van der Waals surface area (Å²) >= 11 is 0. The second-order valence-electron chi connectivity index (χ2n) is 3.84. The van der Waals surface area contributed by atoms with Crippen molar-refractivity contribution in [3.8, 4) is 0 Å². The van der Waals surface area contributed by atoms with Gasteiger partial charge in [0.25, 0.3) is 0 Å². The van der Waals surface area contributed by atoms with Gasteiger partial charge in [0, 0.05) is 19.1 Å². The molecule has 2 aliphatic rings. The summed E-state index contributed by atoms with van der Waals surface area (Å²) in [7, 11) is 0. The van der Waals surface area contributed by atoms with Crippen LogP contribution in [0, 0.1) is 0 Å². The summed E-state index contributed by atoms with van der Waals surface area (Å²) in [6.45, 7) is 1.86. The number of carboxylic acids is 1. The molecule has 0 aromatic rings. The highest BCUT2D eigenvalue weighted by molar-refractivity contribution is 5.68. The largest absolute Gasteiger partial charge is 0.480 e. The molecule has 1 heterocycles. The summed E-state index contributed by atoms with van der Waals surface area (Å²) in [6.07, 6.45) is 3.76. The molecule has 1 atom stereocenters. The van der Waals surface area contributed by atoms with Crippen LogP contribution < -0.4 is 0 Å². The first-order valence-corrected chi connectivity index (χ1v) is 4.83. The Hall–Kier alpha value is -0.610. The van der Waals surface area contributed by atoms with Gasteiger partial charge >= 0.3 is 5.97 Å². The molecule has 1 aliphatic carbocycles. The van der Waals surface area contributed by atoms with E-state index in [2.05, 4.69) is 4.90 Å². The molecule has 0 amide bonds. The van der Waals surface area contributed by atoms with Crippen molar-refractivity contribution in [1.29, 1.82) is 0 Å². The molecule has 1 saturated carbocycles. The van der Waals surface area contributed by atoms with E-state index in [9.17, 15) is 4.79 Å². The number of carbonyl (C=O) groups is 1. The molecule has 0 bridgehead atoms. The third-order valence-corrected chi connectivity index (χ3v) is 2.68. The molecule has 1 saturated heterocycles. The highest BCUT2D eigenvalue weighted by Crippen LogP contribution is 2.30. The van der Waals surface area contributed by atoms with Crippen molar-refractivity contribution < 1.29 is 14.6 Å². The Balaban J connectivity index is 1.68. The summed E-state index contributed by atoms with van der Waals surface area (Å²) < 4.78 is 5.23. The van der Waals surface area contributed by atoms with Crippen LogP contribution in [0.3, 0.4) is 0 Å². The van der Waals surface area contributed by atoms with Crippen LogP contribution in [-0.2, 0) is 9.53 Å². The number of carboxylic acid groups (broad SMARTS) is 1. The van der Waals surface area contributed by atoms with Crippen molar-refractivity contribution >= 4 is 5.97 Å². The minimum Gasteiger partial charge on any atom is -0.480 e. The molecule has 4 heteroatoms. The van der Waals surface area contributed by atoms with Crippen LogP contribution in [0.15, 0.2) is 0 Å². The van der Waals surface area contributed by atoms with Gasteiger partial charge in [0.05, 0.1) is 6.10 Å². The van der Waals surface area contributed by atoms with Crippen molar-refractivity contribution in [1.82, 2.24) is 4.90 Å². The van der Waals surface area contributed by atoms with Gasteiger partial charge in [0.2, 0.25) is 0 Å². The van der Waals surface area contributed by atoms with Gasteiger partial charge in [-0.25, -0.2) is 4.79 Å². The molecule has 2 fully saturated rings. The fourth-order valence-corrected chi connectivity index (χ4v) is 1.85. The first kappa shape index (κ1) is 8.97. The standard InChI is InChI=1S/C9H15NO3/c11-9(12)6-13-8-3-4-10(5-8)7-1-2-7/h7-8H,1-6H2,(H,11,12). The van der Waals surface area contributed by atoms with Crippen LogP contribution in [0.4, 0.5) is 0 Å². The Labute approximate surface area is 77.5 Å². The monoisotopic (exact) mass is 185 g/mol. The zero-order chi connectivity index (χ0) is 9.26. The molecular weight excluding hydrogens is 170 g/mol. The van der Waals surface area contributed by atoms with Crippen LogP contribution in [0.25, 0.3) is 0 Å². The fourth-order valence-electron chi connectivity index (χ4n) is 1.85. The Morgan fingerprint density at radius 1 is 1.46 bits per heavy atom. The maximum Gasteiger partial charge on any atom is 0.329 e. The Morgan fingerprint density at radius 2 is 2.23 bits per heavy atom. The van der Waals surface area contributed by atoms with Gasteiger partial charge in [-0.1, -0.05) is 0 Å². The van der Waals surface area contributed by atoms with Gasteiger partial charge in [-0.05, 0) is 19.3 Å².